The van der Waals surface area contributed by atoms with E-state index in [0.29, 0.717) is 18.0 Å². The smallest absolute Gasteiger partial charge is 0.322 e. The molecular weight excluding hydrogens is 298 g/mol. The number of rotatable bonds is 5. The van der Waals surface area contributed by atoms with Crippen LogP contribution in [0.15, 0.2) is 24.3 Å². The van der Waals surface area contributed by atoms with Crippen molar-refractivity contribution in [3.63, 3.8) is 0 Å². The summed E-state index contributed by atoms with van der Waals surface area (Å²) >= 11 is 0. The molecular formula is C16H23N3O4. The first-order valence-electron chi connectivity index (χ1n) is 7.73. The summed E-state index contributed by atoms with van der Waals surface area (Å²) in [6.45, 7) is 4.90. The summed E-state index contributed by atoms with van der Waals surface area (Å²) in [6, 6.07) is 6.93. The summed E-state index contributed by atoms with van der Waals surface area (Å²) in [6.07, 6.45) is 0.255. The van der Waals surface area contributed by atoms with Crippen LogP contribution < -0.4 is 15.8 Å². The minimum atomic E-state index is -0.755. The van der Waals surface area contributed by atoms with E-state index in [1.807, 2.05) is 26.0 Å². The van der Waals surface area contributed by atoms with Crippen molar-refractivity contribution in [2.45, 2.75) is 32.5 Å². The second-order valence-electron chi connectivity index (χ2n) is 5.50. The number of benzene rings is 1. The highest BCUT2D eigenvalue weighted by molar-refractivity contribution is 5.90. The van der Waals surface area contributed by atoms with Crippen LogP contribution in [-0.2, 0) is 9.53 Å². The van der Waals surface area contributed by atoms with E-state index >= 15 is 0 Å². The van der Waals surface area contributed by atoms with E-state index in [-0.39, 0.29) is 25.3 Å². The number of urea groups is 1. The molecule has 0 spiro atoms. The van der Waals surface area contributed by atoms with Crippen LogP contribution >= 0.6 is 0 Å². The fourth-order valence-corrected chi connectivity index (χ4v) is 2.17. The molecule has 3 N–H and O–H groups in total. The third-order valence-corrected chi connectivity index (χ3v) is 3.67. The van der Waals surface area contributed by atoms with E-state index in [2.05, 4.69) is 5.32 Å². The largest absolute Gasteiger partial charge is 0.491 e. The lowest BCUT2D eigenvalue weighted by Gasteiger charge is -2.31. The molecule has 1 aliphatic rings. The molecule has 7 nitrogen and oxygen atoms in total. The molecule has 0 radical (unpaired) electrons. The molecule has 0 aromatic heterocycles. The van der Waals surface area contributed by atoms with E-state index in [0.717, 1.165) is 6.42 Å². The van der Waals surface area contributed by atoms with Crippen molar-refractivity contribution in [1.82, 2.24) is 4.90 Å². The van der Waals surface area contributed by atoms with E-state index in [4.69, 9.17) is 15.2 Å². The van der Waals surface area contributed by atoms with Crippen LogP contribution in [0.25, 0.3) is 0 Å². The molecule has 1 fully saturated rings. The van der Waals surface area contributed by atoms with Gasteiger partial charge in [-0.25, -0.2) is 4.79 Å². The first kappa shape index (κ1) is 17.1. The molecule has 23 heavy (non-hydrogen) atoms. The number of hydrogen-bond acceptors (Lipinski definition) is 4. The highest BCUT2D eigenvalue weighted by atomic mass is 16.5. The number of primary amides is 1. The Hall–Kier alpha value is -2.28. The Labute approximate surface area is 135 Å². The molecule has 2 rings (SSSR count). The first-order chi connectivity index (χ1) is 11.0. The Morgan fingerprint density at radius 1 is 1.52 bits per heavy atom. The topological polar surface area (TPSA) is 93.9 Å². The number of hydrogen-bond donors (Lipinski definition) is 2. The van der Waals surface area contributed by atoms with Gasteiger partial charge in [0.05, 0.1) is 19.3 Å². The molecule has 1 heterocycles. The average Bonchev–Trinajstić information content (AvgIpc) is 2.55. The number of nitrogens with one attached hydrogen (secondary N) is 1. The summed E-state index contributed by atoms with van der Waals surface area (Å²) in [5, 5.41) is 2.80. The van der Waals surface area contributed by atoms with Crippen LogP contribution in [0.5, 0.6) is 5.75 Å². The van der Waals surface area contributed by atoms with Crippen molar-refractivity contribution in [3.05, 3.63) is 24.3 Å². The SMILES string of the molecule is CC[C@H](C)Oc1cccc(NC(=O)N2CCO[C@@H](C(N)=O)C2)c1. The van der Waals surface area contributed by atoms with Gasteiger partial charge in [0, 0.05) is 18.3 Å². The fraction of sp³-hybridized carbons (Fsp3) is 0.500. The lowest BCUT2D eigenvalue weighted by molar-refractivity contribution is -0.133. The maximum Gasteiger partial charge on any atom is 0.322 e. The van der Waals surface area contributed by atoms with E-state index in [1.54, 1.807) is 12.1 Å². The van der Waals surface area contributed by atoms with Crippen LogP contribution in [0, 0.1) is 0 Å². The molecule has 1 aliphatic heterocycles. The maximum atomic E-state index is 12.3. The third kappa shape index (κ3) is 4.85. The molecule has 0 aliphatic carbocycles. The molecule has 0 bridgehead atoms. The molecule has 7 heteroatoms. The zero-order valence-electron chi connectivity index (χ0n) is 13.5. The number of nitrogens with zero attached hydrogens (tertiary/aromatic N) is 1. The van der Waals surface area contributed by atoms with E-state index < -0.39 is 12.0 Å². The van der Waals surface area contributed by atoms with Crippen LogP contribution in [0.2, 0.25) is 0 Å². The van der Waals surface area contributed by atoms with Crippen molar-refractivity contribution < 1.29 is 19.1 Å². The van der Waals surface area contributed by atoms with Gasteiger partial charge in [0.1, 0.15) is 5.75 Å². The molecule has 3 amide bonds. The second-order valence-corrected chi connectivity index (χ2v) is 5.50. The van der Waals surface area contributed by atoms with Crippen molar-refractivity contribution >= 4 is 17.6 Å². The van der Waals surface area contributed by atoms with E-state index in [1.165, 1.54) is 4.90 Å². The number of carbonyl (C=O) groups excluding carboxylic acids is 2. The highest BCUT2D eigenvalue weighted by Gasteiger charge is 2.27. The van der Waals surface area contributed by atoms with Gasteiger partial charge >= 0.3 is 6.03 Å². The summed E-state index contributed by atoms with van der Waals surface area (Å²) in [5.41, 5.74) is 5.86. The van der Waals surface area contributed by atoms with E-state index in [9.17, 15) is 9.59 Å². The zero-order valence-corrected chi connectivity index (χ0v) is 13.5. The maximum absolute atomic E-state index is 12.3. The number of carbonyl (C=O) groups is 2. The van der Waals surface area contributed by atoms with Crippen LogP contribution in [0.4, 0.5) is 10.5 Å². The lowest BCUT2D eigenvalue weighted by atomic mass is 10.2. The number of morpholine rings is 1. The Morgan fingerprint density at radius 3 is 3.00 bits per heavy atom. The molecule has 1 saturated heterocycles. The van der Waals surface area contributed by atoms with Crippen LogP contribution in [0.3, 0.4) is 0 Å². The molecule has 126 valence electrons. The fourth-order valence-electron chi connectivity index (χ4n) is 2.17. The van der Waals surface area contributed by atoms with Gasteiger partial charge in [-0.3, -0.25) is 4.79 Å². The minimum Gasteiger partial charge on any atom is -0.491 e. The number of anilines is 1. The third-order valence-electron chi connectivity index (χ3n) is 3.67. The predicted molar refractivity (Wildman–Crippen MR) is 86.3 cm³/mol. The quantitative estimate of drug-likeness (QED) is 0.861. The van der Waals surface area contributed by atoms with Gasteiger partial charge in [-0.15, -0.1) is 0 Å². The molecule has 1 aromatic carbocycles. The van der Waals surface area contributed by atoms with Gasteiger partial charge in [0.25, 0.3) is 0 Å². The number of nitrogens with two attached hydrogens (primary N) is 1. The first-order valence-corrected chi connectivity index (χ1v) is 7.73. The normalized spacial score (nSPS) is 19.0. The van der Waals surface area contributed by atoms with Crippen LogP contribution in [0.1, 0.15) is 20.3 Å². The molecule has 0 saturated carbocycles. The molecule has 2 atom stereocenters. The molecule has 1 aromatic rings. The van der Waals surface area contributed by atoms with Crippen molar-refractivity contribution in [2.75, 3.05) is 25.0 Å². The lowest BCUT2D eigenvalue weighted by Crippen LogP contribution is -2.51. The average molecular weight is 321 g/mol. The highest BCUT2D eigenvalue weighted by Crippen LogP contribution is 2.20. The van der Waals surface area contributed by atoms with Crippen molar-refractivity contribution in [1.29, 1.82) is 0 Å². The standard InChI is InChI=1S/C16H23N3O4/c1-3-11(2)23-13-6-4-5-12(9-13)18-16(21)19-7-8-22-14(10-19)15(17)20/h4-6,9,11,14H,3,7-8,10H2,1-2H3,(H2,17,20)(H,18,21)/t11-,14+/m0/s1. The Kier molecular flexibility index (Phi) is 5.81. The Balaban J connectivity index is 1.97. The second kappa shape index (κ2) is 7.82. The monoisotopic (exact) mass is 321 g/mol. The van der Waals surface area contributed by atoms with Gasteiger partial charge in [0.2, 0.25) is 5.91 Å². The van der Waals surface area contributed by atoms with Gasteiger partial charge in [-0.05, 0) is 25.5 Å². The zero-order chi connectivity index (χ0) is 16.8. The number of ether oxygens (including phenoxy) is 2. The number of amides is 3. The summed E-state index contributed by atoms with van der Waals surface area (Å²) in [5.74, 6) is 0.139. The Morgan fingerprint density at radius 2 is 2.30 bits per heavy atom. The van der Waals surface area contributed by atoms with Gasteiger partial charge in [-0.1, -0.05) is 13.0 Å². The van der Waals surface area contributed by atoms with Gasteiger partial charge in [0.15, 0.2) is 6.10 Å². The predicted octanol–water partition coefficient (Wildman–Crippen LogP) is 1.58. The van der Waals surface area contributed by atoms with Gasteiger partial charge < -0.3 is 25.4 Å². The van der Waals surface area contributed by atoms with Gasteiger partial charge in [-0.2, -0.15) is 0 Å². The molecule has 0 unspecified atom stereocenters. The van der Waals surface area contributed by atoms with Crippen molar-refractivity contribution in [2.24, 2.45) is 5.73 Å². The van der Waals surface area contributed by atoms with Crippen molar-refractivity contribution in [3.8, 4) is 5.75 Å². The Bertz CT molecular complexity index is 564. The summed E-state index contributed by atoms with van der Waals surface area (Å²) < 4.78 is 11.0. The minimum absolute atomic E-state index is 0.108. The van der Waals surface area contributed by atoms with Crippen LogP contribution in [-0.4, -0.2) is 48.7 Å². The summed E-state index contributed by atoms with van der Waals surface area (Å²) in [7, 11) is 0. The summed E-state index contributed by atoms with van der Waals surface area (Å²) in [4.78, 5) is 25.0.